The number of halogens is 1. The van der Waals surface area contributed by atoms with Crippen molar-refractivity contribution in [2.45, 2.75) is 20.3 Å². The molecule has 100 valence electrons. The molecule has 0 atom stereocenters. The maximum atomic E-state index is 5.41. The summed E-state index contributed by atoms with van der Waals surface area (Å²) < 4.78 is 0.983. The number of hydrogen-bond acceptors (Lipinski definition) is 5. The van der Waals surface area contributed by atoms with Gasteiger partial charge in [-0.05, 0) is 40.5 Å². The normalized spacial score (nSPS) is 10.3. The second-order valence-corrected chi connectivity index (χ2v) is 5.02. The van der Waals surface area contributed by atoms with E-state index >= 15 is 0 Å². The van der Waals surface area contributed by atoms with E-state index in [4.69, 9.17) is 5.84 Å². The number of hydrogen-bond donors (Lipinski definition) is 3. The second-order valence-electron chi connectivity index (χ2n) is 4.16. The van der Waals surface area contributed by atoms with Crippen LogP contribution in [0.2, 0.25) is 0 Å². The second kappa shape index (κ2) is 5.99. The Balaban J connectivity index is 2.34. The molecule has 0 aliphatic rings. The summed E-state index contributed by atoms with van der Waals surface area (Å²) in [6.45, 7) is 4.05. The van der Waals surface area contributed by atoms with Gasteiger partial charge in [-0.1, -0.05) is 13.0 Å². The molecule has 19 heavy (non-hydrogen) atoms. The average Bonchev–Trinajstić information content (AvgIpc) is 2.42. The van der Waals surface area contributed by atoms with E-state index in [2.05, 4.69) is 36.6 Å². The Bertz CT molecular complexity index is 563. The molecule has 0 saturated heterocycles. The average molecular weight is 322 g/mol. The van der Waals surface area contributed by atoms with Crippen molar-refractivity contribution in [2.75, 3.05) is 10.7 Å². The molecule has 0 unspecified atom stereocenters. The molecular weight excluding hydrogens is 306 g/mol. The maximum absolute atomic E-state index is 5.41. The highest BCUT2D eigenvalue weighted by atomic mass is 79.9. The molecule has 5 nitrogen and oxygen atoms in total. The highest BCUT2D eigenvalue weighted by Gasteiger charge is 2.05. The molecule has 2 aromatic rings. The number of nitrogen functional groups attached to an aromatic ring is 1. The van der Waals surface area contributed by atoms with Crippen molar-refractivity contribution < 1.29 is 0 Å². The molecular formula is C13H16BrN5. The molecule has 1 aromatic heterocycles. The fraction of sp³-hybridized carbons (Fsp3) is 0.231. The van der Waals surface area contributed by atoms with Crippen molar-refractivity contribution in [3.63, 3.8) is 0 Å². The largest absolute Gasteiger partial charge is 0.339 e. The Kier molecular flexibility index (Phi) is 4.34. The molecule has 0 radical (unpaired) electrons. The van der Waals surface area contributed by atoms with Gasteiger partial charge in [0, 0.05) is 17.0 Å². The van der Waals surface area contributed by atoms with Crippen molar-refractivity contribution in [1.82, 2.24) is 9.97 Å². The van der Waals surface area contributed by atoms with Gasteiger partial charge in [-0.25, -0.2) is 15.8 Å². The van der Waals surface area contributed by atoms with Gasteiger partial charge in [-0.15, -0.1) is 0 Å². The molecule has 6 heteroatoms. The van der Waals surface area contributed by atoms with Gasteiger partial charge in [0.25, 0.3) is 0 Å². The molecule has 0 saturated carbocycles. The van der Waals surface area contributed by atoms with Gasteiger partial charge in [0.1, 0.15) is 17.5 Å². The van der Waals surface area contributed by atoms with E-state index in [-0.39, 0.29) is 0 Å². The molecule has 1 heterocycles. The number of anilines is 3. The summed E-state index contributed by atoms with van der Waals surface area (Å²) in [7, 11) is 0. The summed E-state index contributed by atoms with van der Waals surface area (Å²) in [6.07, 6.45) is 0.749. The lowest BCUT2D eigenvalue weighted by Crippen LogP contribution is -2.11. The number of aryl methyl sites for hydroxylation is 2. The van der Waals surface area contributed by atoms with Gasteiger partial charge in [0.15, 0.2) is 0 Å². The van der Waals surface area contributed by atoms with Crippen molar-refractivity contribution in [1.29, 1.82) is 0 Å². The van der Waals surface area contributed by atoms with Crippen LogP contribution in [0.5, 0.6) is 0 Å². The maximum Gasteiger partial charge on any atom is 0.145 e. The fourth-order valence-electron chi connectivity index (χ4n) is 1.67. The van der Waals surface area contributed by atoms with Crippen LogP contribution in [0.25, 0.3) is 0 Å². The van der Waals surface area contributed by atoms with Crippen LogP contribution in [-0.4, -0.2) is 9.97 Å². The van der Waals surface area contributed by atoms with Crippen LogP contribution in [0.3, 0.4) is 0 Å². The number of aromatic nitrogens is 2. The van der Waals surface area contributed by atoms with Crippen molar-refractivity contribution in [2.24, 2.45) is 5.84 Å². The first-order valence-electron chi connectivity index (χ1n) is 6.00. The fourth-order valence-corrected chi connectivity index (χ4v) is 2.01. The molecule has 0 amide bonds. The number of rotatable bonds is 4. The first kappa shape index (κ1) is 13.8. The molecule has 0 spiro atoms. The zero-order chi connectivity index (χ0) is 13.8. The smallest absolute Gasteiger partial charge is 0.145 e. The molecule has 0 aliphatic heterocycles. The minimum atomic E-state index is 0.595. The van der Waals surface area contributed by atoms with Crippen LogP contribution in [0, 0.1) is 6.92 Å². The molecule has 0 fully saturated rings. The third-order valence-electron chi connectivity index (χ3n) is 2.62. The van der Waals surface area contributed by atoms with Crippen LogP contribution in [0.15, 0.2) is 28.7 Å². The van der Waals surface area contributed by atoms with Gasteiger partial charge in [0.2, 0.25) is 0 Å². The van der Waals surface area contributed by atoms with Crippen molar-refractivity contribution in [3.05, 3.63) is 40.1 Å². The number of hydrazine groups is 1. The number of nitrogens with two attached hydrogens (primary N) is 1. The van der Waals surface area contributed by atoms with E-state index in [0.29, 0.717) is 11.6 Å². The van der Waals surface area contributed by atoms with Crippen LogP contribution >= 0.6 is 15.9 Å². The van der Waals surface area contributed by atoms with Crippen molar-refractivity contribution >= 4 is 33.3 Å². The quantitative estimate of drug-likeness (QED) is 0.595. The summed E-state index contributed by atoms with van der Waals surface area (Å²) >= 11 is 3.51. The summed E-state index contributed by atoms with van der Waals surface area (Å²) in [5.41, 5.74) is 4.69. The Hall–Kier alpha value is -1.66. The van der Waals surface area contributed by atoms with Gasteiger partial charge in [0.05, 0.1) is 5.69 Å². The van der Waals surface area contributed by atoms with E-state index in [0.717, 1.165) is 22.4 Å². The Labute approximate surface area is 120 Å². The first-order chi connectivity index (χ1) is 9.12. The third-order valence-corrected chi connectivity index (χ3v) is 3.31. The highest BCUT2D eigenvalue weighted by Crippen LogP contribution is 2.26. The van der Waals surface area contributed by atoms with Gasteiger partial charge in [-0.2, -0.15) is 0 Å². The number of nitrogens with one attached hydrogen (secondary N) is 2. The first-order valence-corrected chi connectivity index (χ1v) is 6.79. The lowest BCUT2D eigenvalue weighted by molar-refractivity contribution is 0.941. The molecule has 4 N–H and O–H groups in total. The standard InChI is InChI=1S/C13H16BrN5/c1-3-11-17-12(7-13(18-11)19-15)16-10-6-8(2)4-5-9(10)14/h4-7H,3,15H2,1-2H3,(H2,16,17,18,19). The molecule has 1 aromatic carbocycles. The van der Waals surface area contributed by atoms with Gasteiger partial charge in [-0.3, -0.25) is 0 Å². The number of nitrogens with zero attached hydrogens (tertiary/aromatic N) is 2. The minimum absolute atomic E-state index is 0.595. The van der Waals surface area contributed by atoms with Crippen LogP contribution < -0.4 is 16.6 Å². The van der Waals surface area contributed by atoms with E-state index in [9.17, 15) is 0 Å². The van der Waals surface area contributed by atoms with E-state index in [1.54, 1.807) is 6.07 Å². The van der Waals surface area contributed by atoms with Crippen LogP contribution in [0.1, 0.15) is 18.3 Å². The Morgan fingerprint density at radius 3 is 2.63 bits per heavy atom. The van der Waals surface area contributed by atoms with Crippen LogP contribution in [-0.2, 0) is 6.42 Å². The van der Waals surface area contributed by atoms with E-state index < -0.39 is 0 Å². The zero-order valence-corrected chi connectivity index (χ0v) is 12.5. The predicted octanol–water partition coefficient (Wildman–Crippen LogP) is 3.14. The monoisotopic (exact) mass is 321 g/mol. The molecule has 0 bridgehead atoms. The van der Waals surface area contributed by atoms with Crippen LogP contribution in [0.4, 0.5) is 17.3 Å². The van der Waals surface area contributed by atoms with E-state index in [1.807, 2.05) is 32.0 Å². The Morgan fingerprint density at radius 2 is 1.95 bits per heavy atom. The predicted molar refractivity (Wildman–Crippen MR) is 81.4 cm³/mol. The third kappa shape index (κ3) is 3.42. The van der Waals surface area contributed by atoms with Gasteiger partial charge >= 0.3 is 0 Å². The van der Waals surface area contributed by atoms with Crippen molar-refractivity contribution in [3.8, 4) is 0 Å². The molecule has 0 aliphatic carbocycles. The number of benzene rings is 1. The zero-order valence-electron chi connectivity index (χ0n) is 10.9. The topological polar surface area (TPSA) is 75.9 Å². The summed E-state index contributed by atoms with van der Waals surface area (Å²) in [5.74, 6) is 7.46. The summed E-state index contributed by atoms with van der Waals surface area (Å²) in [5, 5.41) is 3.27. The highest BCUT2D eigenvalue weighted by molar-refractivity contribution is 9.10. The molecule has 2 rings (SSSR count). The minimum Gasteiger partial charge on any atom is -0.339 e. The summed E-state index contributed by atoms with van der Waals surface area (Å²) in [6, 6.07) is 7.86. The van der Waals surface area contributed by atoms with Gasteiger partial charge < -0.3 is 10.7 Å². The Morgan fingerprint density at radius 1 is 1.21 bits per heavy atom. The lowest BCUT2D eigenvalue weighted by Gasteiger charge is -2.11. The van der Waals surface area contributed by atoms with E-state index in [1.165, 1.54) is 5.56 Å². The lowest BCUT2D eigenvalue weighted by atomic mass is 10.2. The SMILES string of the molecule is CCc1nc(NN)cc(Nc2cc(C)ccc2Br)n1. The summed E-state index contributed by atoms with van der Waals surface area (Å²) in [4.78, 5) is 8.68.